The van der Waals surface area contributed by atoms with E-state index in [9.17, 15) is 29.7 Å². The van der Waals surface area contributed by atoms with Crippen LogP contribution in [0.5, 0.6) is 17.2 Å². The van der Waals surface area contributed by atoms with Crippen LogP contribution in [0.2, 0.25) is 0 Å². The standard InChI is InChI=1S/2C19H26O2.C18H22O2/c2*1-3-4-9-19-11-8-16(21)13-18(19,2)10-7-14-12-15(20)5-6-17(14)19;1-2-3-9-18-10-8-16(20)12-14(18)5-4-13-11-15(19)6-7-17(13)18/h2*5-6,12,20H,3-4,7-11,13H2,1-2H3;6-7,11-12,19H,2-5,8-10H2,1H3/t18-,19+;18-,19-;/m10./s1. The van der Waals surface area contributed by atoms with Crippen molar-refractivity contribution in [3.05, 3.63) is 99.6 Å². The number of phenols is 3. The molecule has 0 heterocycles. The zero-order valence-electron chi connectivity index (χ0n) is 38.6. The molecular weight excluding hydrogens is 769 g/mol. The van der Waals surface area contributed by atoms with Crippen molar-refractivity contribution in [1.82, 2.24) is 0 Å². The van der Waals surface area contributed by atoms with Gasteiger partial charge in [0.25, 0.3) is 0 Å². The summed E-state index contributed by atoms with van der Waals surface area (Å²) < 4.78 is 0. The molecule has 6 aliphatic carbocycles. The minimum atomic E-state index is 0.0607. The summed E-state index contributed by atoms with van der Waals surface area (Å²) in [5.74, 6) is 2.26. The molecule has 6 nitrogen and oxygen atoms in total. The van der Waals surface area contributed by atoms with Gasteiger partial charge in [0.15, 0.2) is 5.78 Å². The van der Waals surface area contributed by atoms with E-state index >= 15 is 0 Å². The largest absolute Gasteiger partial charge is 0.508 e. The lowest BCUT2D eigenvalue weighted by molar-refractivity contribution is -0.128. The summed E-state index contributed by atoms with van der Waals surface area (Å²) >= 11 is 0. The lowest BCUT2D eigenvalue weighted by atomic mass is 9.47. The molecule has 3 aromatic rings. The number of unbranched alkanes of at least 4 members (excludes halogenated alkanes) is 3. The third kappa shape index (κ3) is 8.46. The summed E-state index contributed by atoms with van der Waals surface area (Å²) in [7, 11) is 0. The summed E-state index contributed by atoms with van der Waals surface area (Å²) in [4.78, 5) is 35.9. The fourth-order valence-electron chi connectivity index (χ4n) is 13.6. The third-order valence-electron chi connectivity index (χ3n) is 17.1. The molecule has 9 rings (SSSR count). The van der Waals surface area contributed by atoms with Gasteiger partial charge in [-0.2, -0.15) is 0 Å². The maximum atomic E-state index is 12.1. The summed E-state index contributed by atoms with van der Waals surface area (Å²) in [5.41, 5.74) is 9.92. The van der Waals surface area contributed by atoms with Gasteiger partial charge in [-0.05, 0) is 164 Å². The Labute approximate surface area is 372 Å². The Balaban J connectivity index is 0.000000140. The van der Waals surface area contributed by atoms with Crippen LogP contribution in [0, 0.1) is 10.8 Å². The molecule has 0 radical (unpaired) electrons. The van der Waals surface area contributed by atoms with Gasteiger partial charge in [-0.25, -0.2) is 0 Å². The van der Waals surface area contributed by atoms with Crippen LogP contribution < -0.4 is 0 Å². The van der Waals surface area contributed by atoms with Crippen molar-refractivity contribution < 1.29 is 29.7 Å². The van der Waals surface area contributed by atoms with Gasteiger partial charge in [0.1, 0.15) is 28.8 Å². The average molecular weight is 843 g/mol. The van der Waals surface area contributed by atoms with E-state index in [2.05, 4.69) is 52.8 Å². The van der Waals surface area contributed by atoms with Crippen molar-refractivity contribution in [1.29, 1.82) is 0 Å². The van der Waals surface area contributed by atoms with E-state index in [1.165, 1.54) is 90.3 Å². The van der Waals surface area contributed by atoms with Crippen LogP contribution >= 0.6 is 0 Å². The van der Waals surface area contributed by atoms with E-state index in [1.807, 2.05) is 36.4 Å². The molecule has 0 aliphatic heterocycles. The van der Waals surface area contributed by atoms with E-state index < -0.39 is 0 Å². The van der Waals surface area contributed by atoms with Gasteiger partial charge in [0.05, 0.1) is 0 Å². The summed E-state index contributed by atoms with van der Waals surface area (Å²) in [6.45, 7) is 11.4. The molecule has 0 amide bonds. The Morgan fingerprint density at radius 2 is 0.919 bits per heavy atom. The quantitative estimate of drug-likeness (QED) is 0.198. The summed E-state index contributed by atoms with van der Waals surface area (Å²) in [6, 6.07) is 17.6. The number of hydrogen-bond acceptors (Lipinski definition) is 6. The summed E-state index contributed by atoms with van der Waals surface area (Å²) in [6.07, 6.45) is 25.1. The maximum Gasteiger partial charge on any atom is 0.155 e. The third-order valence-corrected chi connectivity index (χ3v) is 17.1. The Bertz CT molecular complexity index is 2080. The minimum Gasteiger partial charge on any atom is -0.508 e. The van der Waals surface area contributed by atoms with Crippen LogP contribution in [0.3, 0.4) is 0 Å². The second-order valence-electron chi connectivity index (χ2n) is 20.8. The van der Waals surface area contributed by atoms with Crippen LogP contribution in [0.4, 0.5) is 0 Å². The molecule has 1 unspecified atom stereocenters. The number of phenolic OH excluding ortho intramolecular Hbond substituents is 3. The maximum absolute atomic E-state index is 12.1. The number of hydrogen-bond donors (Lipinski definition) is 3. The van der Waals surface area contributed by atoms with Gasteiger partial charge in [0, 0.05) is 48.3 Å². The zero-order chi connectivity index (χ0) is 44.3. The highest BCUT2D eigenvalue weighted by molar-refractivity contribution is 5.92. The fourth-order valence-corrected chi connectivity index (χ4v) is 13.6. The van der Waals surface area contributed by atoms with Crippen LogP contribution in [-0.4, -0.2) is 32.7 Å². The Kier molecular flexibility index (Phi) is 13.7. The minimum absolute atomic E-state index is 0.0607. The second kappa shape index (κ2) is 18.5. The predicted molar refractivity (Wildman–Crippen MR) is 249 cm³/mol. The number of Topliss-reactive ketones (excluding diaryl/α,β-unsaturated/α-hetero) is 2. The molecule has 3 N–H and O–H groups in total. The number of carbonyl (C=O) groups is 3. The van der Waals surface area contributed by atoms with E-state index in [0.29, 0.717) is 35.2 Å². The number of allylic oxidation sites excluding steroid dienone is 2. The zero-order valence-corrected chi connectivity index (χ0v) is 38.6. The number of fused-ring (bicyclic) bond motifs is 9. The van der Waals surface area contributed by atoms with Crippen molar-refractivity contribution in [3.63, 3.8) is 0 Å². The Morgan fingerprint density at radius 1 is 0.484 bits per heavy atom. The first-order valence-corrected chi connectivity index (χ1v) is 24.4. The molecule has 6 aliphatic rings. The van der Waals surface area contributed by atoms with Crippen molar-refractivity contribution >= 4 is 17.3 Å². The highest BCUT2D eigenvalue weighted by Gasteiger charge is 2.56. The van der Waals surface area contributed by atoms with E-state index in [-0.39, 0.29) is 32.9 Å². The second-order valence-corrected chi connectivity index (χ2v) is 20.8. The first-order valence-electron chi connectivity index (χ1n) is 24.4. The molecule has 2 saturated carbocycles. The number of ketones is 3. The number of benzene rings is 3. The first kappa shape index (κ1) is 45.8. The van der Waals surface area contributed by atoms with E-state index in [0.717, 1.165) is 89.9 Å². The van der Waals surface area contributed by atoms with Crippen molar-refractivity contribution in [2.24, 2.45) is 10.8 Å². The molecule has 0 aromatic heterocycles. The monoisotopic (exact) mass is 843 g/mol. The number of aryl methyl sites for hydroxylation is 3. The smallest absolute Gasteiger partial charge is 0.155 e. The number of rotatable bonds is 9. The highest BCUT2D eigenvalue weighted by atomic mass is 16.3. The highest BCUT2D eigenvalue weighted by Crippen LogP contribution is 2.61. The van der Waals surface area contributed by atoms with Gasteiger partial charge in [-0.15, -0.1) is 0 Å². The van der Waals surface area contributed by atoms with Crippen molar-refractivity contribution in [2.75, 3.05) is 0 Å². The van der Waals surface area contributed by atoms with Gasteiger partial charge in [-0.1, -0.05) is 96.9 Å². The lowest BCUT2D eigenvalue weighted by Gasteiger charge is -2.56. The molecule has 2 fully saturated rings. The molecule has 334 valence electrons. The molecular formula is C56H74O6. The Hall–Kier alpha value is -4.19. The van der Waals surface area contributed by atoms with Gasteiger partial charge >= 0.3 is 0 Å². The Morgan fingerprint density at radius 3 is 1.39 bits per heavy atom. The van der Waals surface area contributed by atoms with Gasteiger partial charge < -0.3 is 15.3 Å². The molecule has 0 bridgehead atoms. The fraction of sp³-hybridized carbons (Fsp3) is 0.589. The SMILES string of the molecule is CCCCC12CCC(=O)C=C1CCc1cc(O)ccc12.CCCC[C@@]12CCC(=O)C[C@@]1(C)CCc1cc(O)ccc12.CCCC[C@@]12CCC(=O)C[C@]1(C)CCc1cc(O)ccc12. The van der Waals surface area contributed by atoms with Crippen molar-refractivity contribution in [2.45, 2.75) is 199 Å². The van der Waals surface area contributed by atoms with Crippen LogP contribution in [0.1, 0.15) is 196 Å². The molecule has 6 heteroatoms. The van der Waals surface area contributed by atoms with Crippen LogP contribution in [-0.2, 0) is 49.9 Å². The molecule has 3 aromatic carbocycles. The molecule has 5 atom stereocenters. The molecule has 0 spiro atoms. The topological polar surface area (TPSA) is 112 Å². The summed E-state index contributed by atoms with van der Waals surface area (Å²) in [5, 5.41) is 29.3. The van der Waals surface area contributed by atoms with Gasteiger partial charge in [0.2, 0.25) is 0 Å². The van der Waals surface area contributed by atoms with Gasteiger partial charge in [-0.3, -0.25) is 14.4 Å². The van der Waals surface area contributed by atoms with E-state index in [4.69, 9.17) is 0 Å². The first-order chi connectivity index (χ1) is 29.7. The number of aromatic hydroxyl groups is 3. The normalized spacial score (nSPS) is 29.4. The predicted octanol–water partition coefficient (Wildman–Crippen LogP) is 13.1. The van der Waals surface area contributed by atoms with Crippen molar-refractivity contribution in [3.8, 4) is 17.2 Å². The molecule has 62 heavy (non-hydrogen) atoms. The molecule has 0 saturated heterocycles. The van der Waals surface area contributed by atoms with Crippen LogP contribution in [0.25, 0.3) is 0 Å². The lowest BCUT2D eigenvalue weighted by Crippen LogP contribution is -2.51. The number of carbonyl (C=O) groups excluding carboxylic acids is 3. The van der Waals surface area contributed by atoms with E-state index in [1.54, 1.807) is 6.07 Å². The average Bonchev–Trinajstić information content (AvgIpc) is 3.24. The van der Waals surface area contributed by atoms with Crippen LogP contribution in [0.15, 0.2) is 66.2 Å².